The van der Waals surface area contributed by atoms with Crippen molar-refractivity contribution >= 4 is 16.0 Å². The van der Waals surface area contributed by atoms with Gasteiger partial charge in [0.1, 0.15) is 0 Å². The van der Waals surface area contributed by atoms with Gasteiger partial charge in [-0.15, -0.1) is 0 Å². The van der Waals surface area contributed by atoms with Crippen molar-refractivity contribution < 1.29 is 22.3 Å². The summed E-state index contributed by atoms with van der Waals surface area (Å²) >= 11 is 0. The molecule has 1 amide bonds. The van der Waals surface area contributed by atoms with E-state index >= 15 is 0 Å². The fraction of sp³-hybridized carbons (Fsp3) is 0.438. The number of benzene rings is 1. The molecule has 1 aromatic carbocycles. The van der Waals surface area contributed by atoms with E-state index in [1.54, 1.807) is 24.3 Å². The lowest BCUT2D eigenvalue weighted by atomic mass is 9.98. The molecule has 3 N–H and O–H groups in total. The summed E-state index contributed by atoms with van der Waals surface area (Å²) in [5, 5.41) is 9.73. The van der Waals surface area contributed by atoms with Crippen molar-refractivity contribution in [3.8, 4) is 11.4 Å². The number of carbonyl (C=O) groups excluding carboxylic acids is 1. The molecule has 0 aliphatic carbocycles. The fourth-order valence-electron chi connectivity index (χ4n) is 2.75. The maximum atomic E-state index is 11.9. The second kappa shape index (κ2) is 7.94. The summed E-state index contributed by atoms with van der Waals surface area (Å²) in [4.78, 5) is 16.4. The van der Waals surface area contributed by atoms with E-state index in [0.29, 0.717) is 17.3 Å². The maximum Gasteiger partial charge on any atom is 0.266 e. The van der Waals surface area contributed by atoms with Gasteiger partial charge in [0.25, 0.3) is 16.0 Å². The molecule has 0 atom stereocenters. The van der Waals surface area contributed by atoms with Gasteiger partial charge in [0.2, 0.25) is 11.7 Å². The second-order valence-corrected chi connectivity index (χ2v) is 7.67. The molecule has 0 bridgehead atoms. The van der Waals surface area contributed by atoms with Gasteiger partial charge in [-0.05, 0) is 38.1 Å². The number of aromatic nitrogens is 2. The predicted octanol–water partition coefficient (Wildman–Crippen LogP) is 0.821. The number of amides is 1. The minimum absolute atomic E-state index is 0.163. The van der Waals surface area contributed by atoms with Gasteiger partial charge in [-0.2, -0.15) is 13.4 Å². The van der Waals surface area contributed by atoms with E-state index in [9.17, 15) is 13.2 Å². The van der Waals surface area contributed by atoms with Crippen LogP contribution in [0.2, 0.25) is 0 Å². The lowest BCUT2D eigenvalue weighted by Crippen LogP contribution is -2.28. The van der Waals surface area contributed by atoms with Crippen molar-refractivity contribution in [2.75, 3.05) is 25.4 Å². The highest BCUT2D eigenvalue weighted by atomic mass is 32.2. The van der Waals surface area contributed by atoms with Crippen LogP contribution in [-0.2, 0) is 10.1 Å². The number of carbonyl (C=O) groups is 1. The lowest BCUT2D eigenvalue weighted by molar-refractivity contribution is 0.0956. The van der Waals surface area contributed by atoms with Gasteiger partial charge >= 0.3 is 0 Å². The van der Waals surface area contributed by atoms with Gasteiger partial charge in [0, 0.05) is 23.6 Å². The summed E-state index contributed by atoms with van der Waals surface area (Å²) in [6.07, 6.45) is 1.93. The molecule has 2 aromatic rings. The minimum atomic E-state index is -4.10. The predicted molar refractivity (Wildman–Crippen MR) is 93.3 cm³/mol. The number of nitrogens with one attached hydrogen (secondary N) is 2. The van der Waals surface area contributed by atoms with E-state index in [-0.39, 0.29) is 12.5 Å². The zero-order valence-electron chi connectivity index (χ0n) is 14.0. The Labute approximate surface area is 150 Å². The number of nitrogens with zero attached hydrogens (tertiary/aromatic N) is 2. The molecule has 3 rings (SSSR count). The topological polar surface area (TPSA) is 134 Å². The Morgan fingerprint density at radius 3 is 2.62 bits per heavy atom. The summed E-state index contributed by atoms with van der Waals surface area (Å²) in [6, 6.07) is 6.60. The van der Waals surface area contributed by atoms with E-state index in [4.69, 9.17) is 9.08 Å². The van der Waals surface area contributed by atoms with Crippen LogP contribution in [0.4, 0.5) is 0 Å². The zero-order chi connectivity index (χ0) is 18.6. The van der Waals surface area contributed by atoms with Crippen LogP contribution in [0.15, 0.2) is 28.8 Å². The Balaban J connectivity index is 1.62. The molecule has 0 radical (unpaired) electrons. The van der Waals surface area contributed by atoms with Crippen LogP contribution in [0.1, 0.15) is 35.0 Å². The Hall–Kier alpha value is -2.30. The summed E-state index contributed by atoms with van der Waals surface area (Å²) in [6.45, 7) is 1.71. The molecular weight excluding hydrogens is 360 g/mol. The quantitative estimate of drug-likeness (QED) is 0.627. The molecule has 0 unspecified atom stereocenters. The SMILES string of the molecule is O=C(NCCS(=O)(=O)O)c1ccc(-c2noc(C3CCNCC3)n2)cc1. The summed E-state index contributed by atoms with van der Waals surface area (Å²) in [5.41, 5.74) is 1.09. The molecule has 0 spiro atoms. The van der Waals surface area contributed by atoms with E-state index in [0.717, 1.165) is 31.5 Å². The number of hydrogen-bond donors (Lipinski definition) is 3. The first-order valence-electron chi connectivity index (χ1n) is 8.30. The van der Waals surface area contributed by atoms with Crippen molar-refractivity contribution in [3.63, 3.8) is 0 Å². The normalized spacial score (nSPS) is 15.7. The third-order valence-corrected chi connectivity index (χ3v) is 4.90. The largest absolute Gasteiger partial charge is 0.351 e. The van der Waals surface area contributed by atoms with Crippen molar-refractivity contribution in [2.45, 2.75) is 18.8 Å². The summed E-state index contributed by atoms with van der Waals surface area (Å²) in [5.74, 6) is 0.415. The molecular formula is C16H20N4O5S. The van der Waals surface area contributed by atoms with Crippen LogP contribution in [0.25, 0.3) is 11.4 Å². The molecule has 1 aliphatic rings. The highest BCUT2D eigenvalue weighted by molar-refractivity contribution is 7.85. The smallest absolute Gasteiger partial charge is 0.266 e. The number of piperidine rings is 1. The fourth-order valence-corrected chi connectivity index (χ4v) is 3.11. The van der Waals surface area contributed by atoms with Crippen LogP contribution >= 0.6 is 0 Å². The first kappa shape index (κ1) is 18.5. The van der Waals surface area contributed by atoms with Crippen LogP contribution in [0, 0.1) is 0 Å². The Morgan fingerprint density at radius 2 is 1.96 bits per heavy atom. The van der Waals surface area contributed by atoms with Crippen molar-refractivity contribution in [3.05, 3.63) is 35.7 Å². The molecule has 1 saturated heterocycles. The van der Waals surface area contributed by atoms with Gasteiger partial charge in [0.05, 0.1) is 5.75 Å². The monoisotopic (exact) mass is 380 g/mol. The Kier molecular flexibility index (Phi) is 5.64. The van der Waals surface area contributed by atoms with Crippen LogP contribution < -0.4 is 10.6 Å². The third-order valence-electron chi connectivity index (χ3n) is 4.18. The van der Waals surface area contributed by atoms with Crippen molar-refractivity contribution in [1.29, 1.82) is 0 Å². The van der Waals surface area contributed by atoms with E-state index in [1.165, 1.54) is 0 Å². The molecule has 10 heteroatoms. The van der Waals surface area contributed by atoms with Gasteiger partial charge in [-0.1, -0.05) is 17.3 Å². The van der Waals surface area contributed by atoms with Gasteiger partial charge in [-0.25, -0.2) is 0 Å². The highest BCUT2D eigenvalue weighted by Gasteiger charge is 2.21. The van der Waals surface area contributed by atoms with Gasteiger partial charge < -0.3 is 15.2 Å². The van der Waals surface area contributed by atoms with Crippen LogP contribution in [0.5, 0.6) is 0 Å². The second-order valence-electron chi connectivity index (χ2n) is 6.10. The highest BCUT2D eigenvalue weighted by Crippen LogP contribution is 2.26. The average molecular weight is 380 g/mol. The van der Waals surface area contributed by atoms with Crippen LogP contribution in [0.3, 0.4) is 0 Å². The molecule has 0 saturated carbocycles. The molecule has 1 aliphatic heterocycles. The van der Waals surface area contributed by atoms with E-state index < -0.39 is 21.8 Å². The standard InChI is InChI=1S/C16H20N4O5S/c21-15(18-9-10-26(22,23)24)12-3-1-11(2-4-12)14-19-16(25-20-14)13-5-7-17-8-6-13/h1-4,13,17H,5-10H2,(H,18,21)(H,22,23,24). The van der Waals surface area contributed by atoms with Gasteiger partial charge in [0.15, 0.2) is 0 Å². The molecule has 1 aromatic heterocycles. The average Bonchev–Trinajstić information content (AvgIpc) is 3.11. The molecule has 2 heterocycles. The molecule has 1 fully saturated rings. The van der Waals surface area contributed by atoms with E-state index in [1.807, 2.05) is 0 Å². The number of hydrogen-bond acceptors (Lipinski definition) is 7. The first-order valence-corrected chi connectivity index (χ1v) is 9.91. The summed E-state index contributed by atoms with van der Waals surface area (Å²) in [7, 11) is -4.10. The Morgan fingerprint density at radius 1 is 1.27 bits per heavy atom. The first-order chi connectivity index (χ1) is 12.4. The summed E-state index contributed by atoms with van der Waals surface area (Å²) < 4.78 is 35.3. The van der Waals surface area contributed by atoms with Crippen molar-refractivity contribution in [2.24, 2.45) is 0 Å². The molecule has 140 valence electrons. The van der Waals surface area contributed by atoms with E-state index in [2.05, 4.69) is 20.8 Å². The maximum absolute atomic E-state index is 11.9. The van der Waals surface area contributed by atoms with Gasteiger partial charge in [-0.3, -0.25) is 9.35 Å². The molecule has 26 heavy (non-hydrogen) atoms. The van der Waals surface area contributed by atoms with Crippen molar-refractivity contribution in [1.82, 2.24) is 20.8 Å². The Bertz CT molecular complexity index is 857. The van der Waals surface area contributed by atoms with Crippen LogP contribution in [-0.4, -0.2) is 54.4 Å². The third kappa shape index (κ3) is 4.87. The molecule has 9 nitrogen and oxygen atoms in total. The zero-order valence-corrected chi connectivity index (χ0v) is 14.8. The minimum Gasteiger partial charge on any atom is -0.351 e. The lowest BCUT2D eigenvalue weighted by Gasteiger charge is -2.18. The number of rotatable bonds is 6.